The lowest BCUT2D eigenvalue weighted by Crippen LogP contribution is -2.30. The number of pyridine rings is 1. The molecule has 2 aromatic heterocycles. The highest BCUT2D eigenvalue weighted by atomic mass is 16.3. The molecule has 4 nitrogen and oxygen atoms in total. The van der Waals surface area contributed by atoms with E-state index in [4.69, 9.17) is 10.2 Å². The summed E-state index contributed by atoms with van der Waals surface area (Å²) in [7, 11) is 2.08. The van der Waals surface area contributed by atoms with E-state index in [2.05, 4.69) is 23.9 Å². The Hall–Kier alpha value is -1.65. The maximum atomic E-state index is 5.95. The molecule has 0 amide bonds. The number of likely N-dealkylation sites (N-methyl/N-ethyl adjacent to an activating group) is 1. The Balaban J connectivity index is 2.18. The molecule has 0 saturated carbocycles. The minimum Gasteiger partial charge on any atom is -0.469 e. The van der Waals surface area contributed by atoms with Gasteiger partial charge in [-0.05, 0) is 44.2 Å². The maximum absolute atomic E-state index is 5.95. The summed E-state index contributed by atoms with van der Waals surface area (Å²) < 4.78 is 5.34. The lowest BCUT2D eigenvalue weighted by Gasteiger charge is -2.28. The Labute approximate surface area is 114 Å². The van der Waals surface area contributed by atoms with Crippen LogP contribution in [0.1, 0.15) is 28.5 Å². The van der Waals surface area contributed by atoms with E-state index in [1.54, 1.807) is 6.26 Å². The first kappa shape index (κ1) is 13.8. The quantitative estimate of drug-likeness (QED) is 0.896. The van der Waals surface area contributed by atoms with Gasteiger partial charge in [0.1, 0.15) is 5.76 Å². The van der Waals surface area contributed by atoms with E-state index < -0.39 is 0 Å². The van der Waals surface area contributed by atoms with Gasteiger partial charge < -0.3 is 10.2 Å². The monoisotopic (exact) mass is 259 g/mol. The molecule has 1 unspecified atom stereocenters. The van der Waals surface area contributed by atoms with Crippen molar-refractivity contribution in [2.75, 3.05) is 13.6 Å². The summed E-state index contributed by atoms with van der Waals surface area (Å²) in [6, 6.07) is 4.20. The summed E-state index contributed by atoms with van der Waals surface area (Å²) in [5.41, 5.74) is 9.56. The Morgan fingerprint density at radius 3 is 2.74 bits per heavy atom. The van der Waals surface area contributed by atoms with Gasteiger partial charge in [0.25, 0.3) is 0 Å². The van der Waals surface area contributed by atoms with Gasteiger partial charge in [0.15, 0.2) is 0 Å². The minimum atomic E-state index is 0.169. The fraction of sp³-hybridized carbons (Fsp3) is 0.400. The number of furan rings is 1. The molecule has 0 spiro atoms. The maximum Gasteiger partial charge on any atom is 0.105 e. The summed E-state index contributed by atoms with van der Waals surface area (Å²) in [5.74, 6) is 0.963. The van der Waals surface area contributed by atoms with Crippen LogP contribution in [0.15, 0.2) is 35.2 Å². The fourth-order valence-corrected chi connectivity index (χ4v) is 2.32. The standard InChI is InChI=1S/C15H21N3O/c1-11-4-6-17-9-14(11)15(8-16)18(3)10-13-5-7-19-12(13)2/h4-7,9,15H,8,10,16H2,1-3H3. The smallest absolute Gasteiger partial charge is 0.105 e. The molecule has 0 fully saturated rings. The Kier molecular flexibility index (Phi) is 4.35. The van der Waals surface area contributed by atoms with Crippen molar-refractivity contribution in [3.8, 4) is 0 Å². The van der Waals surface area contributed by atoms with Gasteiger partial charge in [0.05, 0.1) is 6.26 Å². The Bertz CT molecular complexity index is 536. The van der Waals surface area contributed by atoms with E-state index in [-0.39, 0.29) is 6.04 Å². The second-order valence-electron chi connectivity index (χ2n) is 4.90. The minimum absolute atomic E-state index is 0.169. The van der Waals surface area contributed by atoms with Crippen molar-refractivity contribution in [3.63, 3.8) is 0 Å². The molecule has 0 aliphatic carbocycles. The first-order valence-corrected chi connectivity index (χ1v) is 6.47. The first-order chi connectivity index (χ1) is 9.13. The molecule has 2 N–H and O–H groups in total. The van der Waals surface area contributed by atoms with Crippen LogP contribution in [0.3, 0.4) is 0 Å². The normalized spacial score (nSPS) is 12.9. The third kappa shape index (κ3) is 3.03. The van der Waals surface area contributed by atoms with E-state index in [1.165, 1.54) is 16.7 Å². The van der Waals surface area contributed by atoms with E-state index in [0.29, 0.717) is 6.54 Å². The van der Waals surface area contributed by atoms with Gasteiger partial charge >= 0.3 is 0 Å². The van der Waals surface area contributed by atoms with Gasteiger partial charge in [0, 0.05) is 37.1 Å². The van der Waals surface area contributed by atoms with Crippen LogP contribution >= 0.6 is 0 Å². The molecular formula is C15H21N3O. The summed E-state index contributed by atoms with van der Waals surface area (Å²) >= 11 is 0. The Morgan fingerprint density at radius 1 is 1.37 bits per heavy atom. The molecule has 0 radical (unpaired) electrons. The largest absolute Gasteiger partial charge is 0.469 e. The van der Waals surface area contributed by atoms with E-state index in [1.807, 2.05) is 31.5 Å². The second-order valence-corrected chi connectivity index (χ2v) is 4.90. The van der Waals surface area contributed by atoms with Gasteiger partial charge in [-0.25, -0.2) is 0 Å². The van der Waals surface area contributed by atoms with Crippen molar-refractivity contribution in [1.29, 1.82) is 0 Å². The fourth-order valence-electron chi connectivity index (χ4n) is 2.32. The van der Waals surface area contributed by atoms with Crippen LogP contribution in [0.5, 0.6) is 0 Å². The number of hydrogen-bond acceptors (Lipinski definition) is 4. The van der Waals surface area contributed by atoms with Crippen LogP contribution in [-0.4, -0.2) is 23.5 Å². The number of aryl methyl sites for hydroxylation is 2. The molecular weight excluding hydrogens is 238 g/mol. The average Bonchev–Trinajstić information content (AvgIpc) is 2.78. The predicted octanol–water partition coefficient (Wildman–Crippen LogP) is 2.42. The Morgan fingerprint density at radius 2 is 2.16 bits per heavy atom. The number of rotatable bonds is 5. The third-order valence-corrected chi connectivity index (χ3v) is 3.58. The van der Waals surface area contributed by atoms with Crippen molar-refractivity contribution in [3.05, 3.63) is 53.2 Å². The summed E-state index contributed by atoms with van der Waals surface area (Å²) in [6.45, 7) is 5.46. The SMILES string of the molecule is Cc1ccncc1C(CN)N(C)Cc1ccoc1C. The van der Waals surface area contributed by atoms with Crippen LogP contribution in [0.25, 0.3) is 0 Å². The average molecular weight is 259 g/mol. The summed E-state index contributed by atoms with van der Waals surface area (Å²) in [4.78, 5) is 6.45. The van der Waals surface area contributed by atoms with Gasteiger partial charge in [0.2, 0.25) is 0 Å². The number of hydrogen-bond donors (Lipinski definition) is 1. The van der Waals surface area contributed by atoms with Crippen molar-refractivity contribution >= 4 is 0 Å². The van der Waals surface area contributed by atoms with Gasteiger partial charge in [-0.2, -0.15) is 0 Å². The topological polar surface area (TPSA) is 55.3 Å². The lowest BCUT2D eigenvalue weighted by molar-refractivity contribution is 0.239. The zero-order valence-electron chi connectivity index (χ0n) is 11.8. The highest BCUT2D eigenvalue weighted by Crippen LogP contribution is 2.23. The van der Waals surface area contributed by atoms with E-state index >= 15 is 0 Å². The van der Waals surface area contributed by atoms with Crippen molar-refractivity contribution in [2.24, 2.45) is 5.73 Å². The number of nitrogens with two attached hydrogens (primary N) is 1. The first-order valence-electron chi connectivity index (χ1n) is 6.47. The van der Waals surface area contributed by atoms with E-state index in [9.17, 15) is 0 Å². The molecule has 0 saturated heterocycles. The molecule has 2 rings (SSSR count). The van der Waals surface area contributed by atoms with Crippen molar-refractivity contribution in [2.45, 2.75) is 26.4 Å². The molecule has 0 bridgehead atoms. The van der Waals surface area contributed by atoms with Gasteiger partial charge in [-0.1, -0.05) is 0 Å². The molecule has 0 aliphatic rings. The molecule has 19 heavy (non-hydrogen) atoms. The van der Waals surface area contributed by atoms with Crippen LogP contribution in [-0.2, 0) is 6.54 Å². The highest BCUT2D eigenvalue weighted by molar-refractivity contribution is 5.26. The predicted molar refractivity (Wildman–Crippen MR) is 75.7 cm³/mol. The number of nitrogens with zero attached hydrogens (tertiary/aromatic N) is 2. The molecule has 0 aliphatic heterocycles. The molecule has 102 valence electrons. The number of aromatic nitrogens is 1. The van der Waals surface area contributed by atoms with Crippen molar-refractivity contribution in [1.82, 2.24) is 9.88 Å². The molecule has 2 heterocycles. The van der Waals surface area contributed by atoms with Crippen LogP contribution < -0.4 is 5.73 Å². The highest BCUT2D eigenvalue weighted by Gasteiger charge is 2.18. The second kappa shape index (κ2) is 5.99. The zero-order valence-corrected chi connectivity index (χ0v) is 11.8. The van der Waals surface area contributed by atoms with Crippen LogP contribution in [0.4, 0.5) is 0 Å². The molecule has 4 heteroatoms. The molecule has 1 atom stereocenters. The van der Waals surface area contributed by atoms with Crippen molar-refractivity contribution < 1.29 is 4.42 Å². The lowest BCUT2D eigenvalue weighted by atomic mass is 10.0. The van der Waals surface area contributed by atoms with Crippen LogP contribution in [0.2, 0.25) is 0 Å². The zero-order chi connectivity index (χ0) is 13.8. The summed E-state index contributed by atoms with van der Waals surface area (Å²) in [5, 5.41) is 0. The summed E-state index contributed by atoms with van der Waals surface area (Å²) in [6.07, 6.45) is 5.45. The van der Waals surface area contributed by atoms with Gasteiger partial charge in [-0.15, -0.1) is 0 Å². The third-order valence-electron chi connectivity index (χ3n) is 3.58. The molecule has 0 aromatic carbocycles. The van der Waals surface area contributed by atoms with Gasteiger partial charge in [-0.3, -0.25) is 9.88 Å². The van der Waals surface area contributed by atoms with Crippen LogP contribution in [0, 0.1) is 13.8 Å². The molecule has 2 aromatic rings. The van der Waals surface area contributed by atoms with E-state index in [0.717, 1.165) is 12.3 Å².